The van der Waals surface area contributed by atoms with Crippen LogP contribution in [0, 0.1) is 0 Å². The lowest BCUT2D eigenvalue weighted by atomic mass is 10.2. The van der Waals surface area contributed by atoms with Gasteiger partial charge in [0.2, 0.25) is 5.95 Å². The van der Waals surface area contributed by atoms with Gasteiger partial charge in [0.1, 0.15) is 5.52 Å². The van der Waals surface area contributed by atoms with Crippen LogP contribution in [0.2, 0.25) is 0 Å². The molecule has 9 nitrogen and oxygen atoms in total. The molecule has 33 heavy (non-hydrogen) atoms. The average Bonchev–Trinajstić information content (AvgIpc) is 3.31. The first-order chi connectivity index (χ1) is 15.9. The van der Waals surface area contributed by atoms with Crippen molar-refractivity contribution in [1.82, 2.24) is 19.4 Å². The minimum atomic E-state index is -0.318. The molecule has 2 aromatic heterocycles. The Morgan fingerprint density at radius 1 is 1.18 bits per heavy atom. The average molecular weight is 451 g/mol. The van der Waals surface area contributed by atoms with Gasteiger partial charge in [0.15, 0.2) is 5.65 Å². The number of methoxy groups -OCH3 is 1. The molecule has 174 valence electrons. The van der Waals surface area contributed by atoms with Gasteiger partial charge in [-0.3, -0.25) is 19.5 Å². The highest BCUT2D eigenvalue weighted by atomic mass is 16.5. The van der Waals surface area contributed by atoms with Crippen molar-refractivity contribution in [3.8, 4) is 0 Å². The van der Waals surface area contributed by atoms with E-state index in [9.17, 15) is 9.59 Å². The molecule has 2 atom stereocenters. The normalized spacial score (nSPS) is 18.1. The molecule has 3 heterocycles. The molecule has 0 aliphatic carbocycles. The molecular weight excluding hydrogens is 420 g/mol. The maximum absolute atomic E-state index is 13.2. The van der Waals surface area contributed by atoms with Crippen molar-refractivity contribution in [2.75, 3.05) is 24.8 Å². The number of nitrogen functional groups attached to an aromatic ring is 1. The lowest BCUT2D eigenvalue weighted by molar-refractivity contribution is 0.0692. The maximum atomic E-state index is 13.2. The fourth-order valence-electron chi connectivity index (χ4n) is 4.40. The Kier molecular flexibility index (Phi) is 6.60. The SMILES string of the molecule is COCCCn1c(NC(=O)c2cccc(N)c2)nc2cc(C(=O)N3C(C)CCC3C)cnc21. The minimum Gasteiger partial charge on any atom is -0.399 e. The zero-order chi connectivity index (χ0) is 23.5. The fraction of sp³-hybridized carbons (Fsp3) is 0.417. The van der Waals surface area contributed by atoms with Gasteiger partial charge in [-0.15, -0.1) is 0 Å². The van der Waals surface area contributed by atoms with Crippen molar-refractivity contribution in [2.24, 2.45) is 0 Å². The van der Waals surface area contributed by atoms with Gasteiger partial charge < -0.3 is 15.4 Å². The number of carbonyl (C=O) groups excluding carboxylic acids is 2. The van der Waals surface area contributed by atoms with E-state index < -0.39 is 0 Å². The Bertz CT molecular complexity index is 1160. The van der Waals surface area contributed by atoms with Gasteiger partial charge in [-0.25, -0.2) is 9.97 Å². The number of aryl methyl sites for hydroxylation is 1. The first kappa shape index (κ1) is 22.7. The minimum absolute atomic E-state index is 0.0406. The zero-order valence-electron chi connectivity index (χ0n) is 19.2. The van der Waals surface area contributed by atoms with E-state index in [0.717, 1.165) is 12.8 Å². The summed E-state index contributed by atoms with van der Waals surface area (Å²) in [4.78, 5) is 37.1. The number of rotatable bonds is 7. The third kappa shape index (κ3) is 4.68. The Balaban J connectivity index is 1.67. The van der Waals surface area contributed by atoms with Crippen molar-refractivity contribution < 1.29 is 14.3 Å². The highest BCUT2D eigenvalue weighted by Crippen LogP contribution is 2.27. The molecule has 0 bridgehead atoms. The summed E-state index contributed by atoms with van der Waals surface area (Å²) in [5, 5.41) is 2.87. The highest BCUT2D eigenvalue weighted by molar-refractivity contribution is 6.04. The molecule has 3 aromatic rings. The van der Waals surface area contributed by atoms with Crippen LogP contribution in [0.25, 0.3) is 11.2 Å². The molecule has 2 amide bonds. The summed E-state index contributed by atoms with van der Waals surface area (Å²) in [5.74, 6) is 0.0105. The van der Waals surface area contributed by atoms with Gasteiger partial charge in [-0.05, 0) is 57.4 Å². The van der Waals surface area contributed by atoms with Crippen LogP contribution in [0.15, 0.2) is 36.5 Å². The van der Waals surface area contributed by atoms with Crippen LogP contribution in [0.3, 0.4) is 0 Å². The molecule has 1 aliphatic rings. The van der Waals surface area contributed by atoms with E-state index in [-0.39, 0.29) is 23.9 Å². The predicted octanol–water partition coefficient (Wildman–Crippen LogP) is 3.32. The van der Waals surface area contributed by atoms with Crippen LogP contribution >= 0.6 is 0 Å². The first-order valence-corrected chi connectivity index (χ1v) is 11.2. The van der Waals surface area contributed by atoms with Gasteiger partial charge in [0, 0.05) is 49.8 Å². The summed E-state index contributed by atoms with van der Waals surface area (Å²) >= 11 is 0. The van der Waals surface area contributed by atoms with Crippen molar-refractivity contribution in [1.29, 1.82) is 0 Å². The summed E-state index contributed by atoms with van der Waals surface area (Å²) in [6.45, 7) is 5.25. The number of pyridine rings is 1. The van der Waals surface area contributed by atoms with Crippen LogP contribution in [-0.2, 0) is 11.3 Å². The van der Waals surface area contributed by atoms with Crippen LogP contribution in [0.1, 0.15) is 53.8 Å². The Labute approximate surface area is 192 Å². The summed E-state index contributed by atoms with van der Waals surface area (Å²) in [7, 11) is 1.64. The Morgan fingerprint density at radius 2 is 1.94 bits per heavy atom. The molecule has 0 radical (unpaired) electrons. The molecular formula is C24H30N6O3. The van der Waals surface area contributed by atoms with Crippen LogP contribution < -0.4 is 11.1 Å². The Morgan fingerprint density at radius 3 is 2.64 bits per heavy atom. The number of fused-ring (bicyclic) bond motifs is 1. The van der Waals surface area contributed by atoms with Crippen LogP contribution in [0.5, 0.6) is 0 Å². The first-order valence-electron chi connectivity index (χ1n) is 11.2. The summed E-state index contributed by atoms with van der Waals surface area (Å²) < 4.78 is 7.02. The summed E-state index contributed by atoms with van der Waals surface area (Å²) in [6, 6.07) is 8.90. The number of ether oxygens (including phenoxy) is 1. The zero-order valence-corrected chi connectivity index (χ0v) is 19.2. The number of benzene rings is 1. The number of nitrogens with zero attached hydrogens (tertiary/aromatic N) is 4. The van der Waals surface area contributed by atoms with Crippen molar-refractivity contribution in [2.45, 2.75) is 51.7 Å². The molecule has 1 aliphatic heterocycles. The van der Waals surface area contributed by atoms with Gasteiger partial charge in [-0.1, -0.05) is 6.07 Å². The number of hydrogen-bond donors (Lipinski definition) is 2. The second-order valence-electron chi connectivity index (χ2n) is 8.57. The quantitative estimate of drug-likeness (QED) is 0.421. The summed E-state index contributed by atoms with van der Waals surface area (Å²) in [5.41, 5.74) is 8.42. The monoisotopic (exact) mass is 450 g/mol. The molecule has 0 spiro atoms. The predicted molar refractivity (Wildman–Crippen MR) is 127 cm³/mol. The third-order valence-corrected chi connectivity index (χ3v) is 6.12. The number of aromatic nitrogens is 3. The fourth-order valence-corrected chi connectivity index (χ4v) is 4.40. The van der Waals surface area contributed by atoms with Gasteiger partial charge in [0.05, 0.1) is 5.56 Å². The smallest absolute Gasteiger partial charge is 0.258 e. The molecule has 1 fully saturated rings. The number of hydrogen-bond acceptors (Lipinski definition) is 6. The van der Waals surface area contributed by atoms with Crippen LogP contribution in [0.4, 0.5) is 11.6 Å². The number of carbonyl (C=O) groups is 2. The van der Waals surface area contributed by atoms with Crippen LogP contribution in [-0.4, -0.2) is 57.0 Å². The second kappa shape index (κ2) is 9.58. The van der Waals surface area contributed by atoms with Crippen molar-refractivity contribution >= 4 is 34.6 Å². The van der Waals surface area contributed by atoms with E-state index in [1.807, 2.05) is 9.47 Å². The molecule has 1 aromatic carbocycles. The van der Waals surface area contributed by atoms with Crippen molar-refractivity contribution in [3.05, 3.63) is 47.7 Å². The van der Waals surface area contributed by atoms with E-state index in [1.54, 1.807) is 43.6 Å². The molecule has 4 rings (SSSR count). The second-order valence-corrected chi connectivity index (χ2v) is 8.57. The van der Waals surface area contributed by atoms with E-state index in [1.165, 1.54) is 0 Å². The number of likely N-dealkylation sites (tertiary alicyclic amines) is 1. The van der Waals surface area contributed by atoms with Gasteiger partial charge in [0.25, 0.3) is 11.8 Å². The number of nitrogens with one attached hydrogen (secondary N) is 1. The van der Waals surface area contributed by atoms with Crippen molar-refractivity contribution in [3.63, 3.8) is 0 Å². The number of nitrogens with two attached hydrogens (primary N) is 1. The molecule has 3 N–H and O–H groups in total. The lowest BCUT2D eigenvalue weighted by Crippen LogP contribution is -2.38. The van der Waals surface area contributed by atoms with Gasteiger partial charge >= 0.3 is 0 Å². The van der Waals surface area contributed by atoms with E-state index in [4.69, 9.17) is 10.5 Å². The molecule has 2 unspecified atom stereocenters. The standard InChI is InChI=1S/C24H30N6O3/c1-15-8-9-16(2)30(15)23(32)18-13-20-21(26-14-18)29(10-5-11-33-3)24(27-20)28-22(31)17-6-4-7-19(25)12-17/h4,6-7,12-16H,5,8-11,25H2,1-3H3,(H,27,28,31). The van der Waals surface area contributed by atoms with E-state index in [2.05, 4.69) is 29.1 Å². The topological polar surface area (TPSA) is 115 Å². The number of anilines is 2. The number of imidazole rings is 1. The lowest BCUT2D eigenvalue weighted by Gasteiger charge is -2.26. The third-order valence-electron chi connectivity index (χ3n) is 6.12. The van der Waals surface area contributed by atoms with Gasteiger partial charge in [-0.2, -0.15) is 0 Å². The maximum Gasteiger partial charge on any atom is 0.258 e. The Hall–Kier alpha value is -3.46. The summed E-state index contributed by atoms with van der Waals surface area (Å²) in [6.07, 6.45) is 4.31. The highest BCUT2D eigenvalue weighted by Gasteiger charge is 2.32. The largest absolute Gasteiger partial charge is 0.399 e. The number of amides is 2. The van der Waals surface area contributed by atoms with E-state index >= 15 is 0 Å². The molecule has 9 heteroatoms. The molecule has 0 saturated carbocycles. The molecule has 1 saturated heterocycles. The van der Waals surface area contributed by atoms with E-state index in [0.29, 0.717) is 53.5 Å².